The molecule has 0 aromatic carbocycles. The summed E-state index contributed by atoms with van der Waals surface area (Å²) in [5.74, 6) is 0. The molecule has 0 spiro atoms. The molecular formula is C15H22N4O2. The van der Waals surface area contributed by atoms with Crippen molar-refractivity contribution in [1.29, 1.82) is 0 Å². The fourth-order valence-electron chi connectivity index (χ4n) is 2.43. The molecule has 0 bridgehead atoms. The Morgan fingerprint density at radius 2 is 1.81 bits per heavy atom. The predicted octanol–water partition coefficient (Wildman–Crippen LogP) is 1.64. The molecule has 2 rings (SSSR count). The van der Waals surface area contributed by atoms with Gasteiger partial charge in [0, 0.05) is 25.0 Å². The SMILES string of the molecule is CCC(CC)n1ccc(Cn2c(=O)ccn(CC)c2=O)n1. The topological polar surface area (TPSA) is 61.8 Å². The minimum absolute atomic E-state index is 0.214. The Kier molecular flexibility index (Phi) is 4.77. The molecule has 6 nitrogen and oxygen atoms in total. The lowest BCUT2D eigenvalue weighted by Gasteiger charge is -2.12. The molecule has 0 aliphatic rings. The third kappa shape index (κ3) is 3.15. The van der Waals surface area contributed by atoms with Crippen LogP contribution in [-0.2, 0) is 13.1 Å². The molecule has 6 heteroatoms. The molecule has 2 aromatic heterocycles. The molecule has 0 aliphatic carbocycles. The van der Waals surface area contributed by atoms with Gasteiger partial charge in [-0.1, -0.05) is 13.8 Å². The molecule has 0 unspecified atom stereocenters. The fourth-order valence-corrected chi connectivity index (χ4v) is 2.43. The summed E-state index contributed by atoms with van der Waals surface area (Å²) in [7, 11) is 0. The maximum atomic E-state index is 12.2. The molecule has 114 valence electrons. The highest BCUT2D eigenvalue weighted by molar-refractivity contribution is 5.02. The first-order valence-electron chi connectivity index (χ1n) is 7.45. The number of rotatable bonds is 6. The van der Waals surface area contributed by atoms with Crippen molar-refractivity contribution in [1.82, 2.24) is 18.9 Å². The zero-order chi connectivity index (χ0) is 15.4. The fraction of sp³-hybridized carbons (Fsp3) is 0.533. The van der Waals surface area contributed by atoms with E-state index < -0.39 is 0 Å². The van der Waals surface area contributed by atoms with Crippen LogP contribution >= 0.6 is 0 Å². The van der Waals surface area contributed by atoms with Gasteiger partial charge in [-0.3, -0.25) is 14.0 Å². The molecule has 0 saturated heterocycles. The van der Waals surface area contributed by atoms with Crippen LogP contribution in [0.15, 0.2) is 34.1 Å². The minimum Gasteiger partial charge on any atom is -0.301 e. The minimum atomic E-state index is -0.290. The lowest BCUT2D eigenvalue weighted by molar-refractivity contribution is 0.424. The molecule has 21 heavy (non-hydrogen) atoms. The molecule has 0 radical (unpaired) electrons. The molecule has 0 atom stereocenters. The van der Waals surface area contributed by atoms with Crippen LogP contribution in [0.4, 0.5) is 0 Å². The van der Waals surface area contributed by atoms with Crippen LogP contribution in [0.25, 0.3) is 0 Å². The summed E-state index contributed by atoms with van der Waals surface area (Å²) in [6, 6.07) is 3.65. The molecular weight excluding hydrogens is 268 g/mol. The Balaban J connectivity index is 2.31. The Hall–Kier alpha value is -2.11. The van der Waals surface area contributed by atoms with Crippen LogP contribution < -0.4 is 11.2 Å². The van der Waals surface area contributed by atoms with Crippen LogP contribution in [0, 0.1) is 0 Å². The zero-order valence-electron chi connectivity index (χ0n) is 12.8. The number of aryl methyl sites for hydroxylation is 1. The summed E-state index contributed by atoms with van der Waals surface area (Å²) in [5.41, 5.74) is 0.152. The Labute approximate surface area is 123 Å². The largest absolute Gasteiger partial charge is 0.331 e. The second-order valence-corrected chi connectivity index (χ2v) is 5.07. The molecule has 0 aliphatic heterocycles. The van der Waals surface area contributed by atoms with Gasteiger partial charge in [-0.05, 0) is 25.8 Å². The number of aromatic nitrogens is 4. The standard InChI is InChI=1S/C15H22N4O2/c1-4-13(5-2)19-10-7-12(16-19)11-18-14(20)8-9-17(6-3)15(18)21/h7-10,13H,4-6,11H2,1-3H3. The Bertz CT molecular complexity index is 707. The second kappa shape index (κ2) is 6.56. The molecule has 0 amide bonds. The van der Waals surface area contributed by atoms with E-state index >= 15 is 0 Å². The van der Waals surface area contributed by atoms with Crippen LogP contribution in [0.1, 0.15) is 45.3 Å². The molecule has 0 N–H and O–H groups in total. The first kappa shape index (κ1) is 15.3. The quantitative estimate of drug-likeness (QED) is 0.812. The van der Waals surface area contributed by atoms with Gasteiger partial charge in [0.2, 0.25) is 0 Å². The van der Waals surface area contributed by atoms with Gasteiger partial charge in [-0.25, -0.2) is 4.79 Å². The highest BCUT2D eigenvalue weighted by Crippen LogP contribution is 2.14. The lowest BCUT2D eigenvalue weighted by atomic mass is 10.2. The monoisotopic (exact) mass is 290 g/mol. The summed E-state index contributed by atoms with van der Waals surface area (Å²) >= 11 is 0. The van der Waals surface area contributed by atoms with Crippen molar-refractivity contribution in [3.8, 4) is 0 Å². The van der Waals surface area contributed by atoms with Gasteiger partial charge in [-0.2, -0.15) is 5.10 Å². The zero-order valence-corrected chi connectivity index (χ0v) is 12.8. The van der Waals surface area contributed by atoms with Crippen molar-refractivity contribution in [2.45, 2.75) is 52.7 Å². The Morgan fingerprint density at radius 1 is 1.10 bits per heavy atom. The van der Waals surface area contributed by atoms with E-state index in [0.717, 1.165) is 18.5 Å². The average molecular weight is 290 g/mol. The van der Waals surface area contributed by atoms with Crippen LogP contribution in [0.5, 0.6) is 0 Å². The van der Waals surface area contributed by atoms with E-state index in [1.807, 2.05) is 23.9 Å². The van der Waals surface area contributed by atoms with Gasteiger partial charge >= 0.3 is 5.69 Å². The van der Waals surface area contributed by atoms with Gasteiger partial charge in [0.1, 0.15) is 0 Å². The summed E-state index contributed by atoms with van der Waals surface area (Å²) in [6.45, 7) is 6.87. The van der Waals surface area contributed by atoms with Crippen LogP contribution in [0.2, 0.25) is 0 Å². The first-order chi connectivity index (χ1) is 10.1. The highest BCUT2D eigenvalue weighted by Gasteiger charge is 2.10. The van der Waals surface area contributed by atoms with Gasteiger partial charge < -0.3 is 4.57 Å². The van der Waals surface area contributed by atoms with E-state index in [2.05, 4.69) is 18.9 Å². The number of nitrogens with zero attached hydrogens (tertiary/aromatic N) is 4. The number of hydrogen-bond acceptors (Lipinski definition) is 3. The third-order valence-electron chi connectivity index (χ3n) is 3.78. The predicted molar refractivity (Wildman–Crippen MR) is 81.6 cm³/mol. The maximum absolute atomic E-state index is 12.2. The number of hydrogen-bond donors (Lipinski definition) is 0. The highest BCUT2D eigenvalue weighted by atomic mass is 16.2. The smallest absolute Gasteiger partial charge is 0.301 e. The van der Waals surface area contributed by atoms with Crippen molar-refractivity contribution in [2.24, 2.45) is 0 Å². The third-order valence-corrected chi connectivity index (χ3v) is 3.78. The van der Waals surface area contributed by atoms with Crippen molar-refractivity contribution in [2.75, 3.05) is 0 Å². The normalized spacial score (nSPS) is 11.2. The van der Waals surface area contributed by atoms with Crippen molar-refractivity contribution >= 4 is 0 Å². The summed E-state index contributed by atoms with van der Waals surface area (Å²) in [4.78, 5) is 24.1. The van der Waals surface area contributed by atoms with E-state index in [0.29, 0.717) is 12.6 Å². The van der Waals surface area contributed by atoms with Gasteiger partial charge in [0.25, 0.3) is 5.56 Å². The van der Waals surface area contributed by atoms with E-state index in [9.17, 15) is 9.59 Å². The summed E-state index contributed by atoms with van der Waals surface area (Å²) in [5, 5.41) is 4.49. The van der Waals surface area contributed by atoms with E-state index in [4.69, 9.17) is 0 Å². The molecule has 0 fully saturated rings. The van der Waals surface area contributed by atoms with Crippen LogP contribution in [-0.4, -0.2) is 18.9 Å². The maximum Gasteiger partial charge on any atom is 0.331 e. The molecule has 0 saturated carbocycles. The summed E-state index contributed by atoms with van der Waals surface area (Å²) < 4.78 is 4.66. The molecule has 2 aromatic rings. The van der Waals surface area contributed by atoms with Crippen molar-refractivity contribution < 1.29 is 0 Å². The van der Waals surface area contributed by atoms with E-state index in [1.54, 1.807) is 0 Å². The summed E-state index contributed by atoms with van der Waals surface area (Å²) in [6.07, 6.45) is 5.46. The Morgan fingerprint density at radius 3 is 2.43 bits per heavy atom. The van der Waals surface area contributed by atoms with Crippen LogP contribution in [0.3, 0.4) is 0 Å². The first-order valence-corrected chi connectivity index (χ1v) is 7.45. The van der Waals surface area contributed by atoms with Gasteiger partial charge in [0.15, 0.2) is 0 Å². The van der Waals surface area contributed by atoms with Gasteiger partial charge in [-0.15, -0.1) is 0 Å². The van der Waals surface area contributed by atoms with E-state index in [-0.39, 0.29) is 17.8 Å². The molecule has 2 heterocycles. The van der Waals surface area contributed by atoms with Crippen molar-refractivity contribution in [3.63, 3.8) is 0 Å². The average Bonchev–Trinajstić information content (AvgIpc) is 2.93. The van der Waals surface area contributed by atoms with E-state index in [1.165, 1.54) is 21.4 Å². The van der Waals surface area contributed by atoms with Crippen molar-refractivity contribution in [3.05, 3.63) is 51.1 Å². The van der Waals surface area contributed by atoms with Gasteiger partial charge in [0.05, 0.1) is 18.3 Å². The lowest BCUT2D eigenvalue weighted by Crippen LogP contribution is -2.39. The second-order valence-electron chi connectivity index (χ2n) is 5.07.